The molecule has 0 amide bonds. The molecule has 0 unspecified atom stereocenters. The number of rotatable bonds is 2. The number of hydrogen-bond donors (Lipinski definition) is 0. The molecule has 0 aliphatic carbocycles. The highest BCUT2D eigenvalue weighted by Gasteiger charge is 2.32. The maximum atomic E-state index is 12.8. The normalized spacial score (nSPS) is 11.9. The third kappa shape index (κ3) is 2.70. The second-order valence-corrected chi connectivity index (χ2v) is 5.75. The van der Waals surface area contributed by atoms with Crippen molar-refractivity contribution in [2.75, 3.05) is 0 Å². The summed E-state index contributed by atoms with van der Waals surface area (Å²) in [7, 11) is 0. The van der Waals surface area contributed by atoms with Gasteiger partial charge in [-0.3, -0.25) is 10.1 Å². The Morgan fingerprint density at radius 2 is 1.71 bits per heavy atom. The Kier molecular flexibility index (Phi) is 3.93. The number of hydrogen-bond acceptors (Lipinski definition) is 2. The van der Waals surface area contributed by atoms with Crippen LogP contribution in [0.1, 0.15) is 5.56 Å². The first-order chi connectivity index (χ1) is 11.2. The van der Waals surface area contributed by atoms with E-state index in [0.29, 0.717) is 10.9 Å². The van der Waals surface area contributed by atoms with E-state index in [-0.39, 0.29) is 21.4 Å². The maximum absolute atomic E-state index is 12.8. The molecule has 9 heteroatoms. The van der Waals surface area contributed by atoms with Gasteiger partial charge in [0.15, 0.2) is 0 Å². The number of aromatic nitrogens is 1. The zero-order valence-corrected chi connectivity index (χ0v) is 13.2. The summed E-state index contributed by atoms with van der Waals surface area (Å²) in [4.78, 5) is 10.5. The fourth-order valence-electron chi connectivity index (χ4n) is 2.46. The molecular formula is C15H7Cl2F3N2O2. The molecule has 0 atom stereocenters. The summed E-state index contributed by atoms with van der Waals surface area (Å²) < 4.78 is 39.9. The third-order valence-electron chi connectivity index (χ3n) is 3.49. The molecule has 1 heterocycles. The number of halogens is 5. The average Bonchev–Trinajstić information content (AvgIpc) is 2.89. The number of non-ortho nitro benzene ring substituents is 1. The van der Waals surface area contributed by atoms with Gasteiger partial charge in [-0.1, -0.05) is 29.3 Å². The highest BCUT2D eigenvalue weighted by Crippen LogP contribution is 2.39. The van der Waals surface area contributed by atoms with Gasteiger partial charge in [-0.05, 0) is 24.3 Å². The van der Waals surface area contributed by atoms with E-state index in [9.17, 15) is 23.3 Å². The molecule has 3 rings (SSSR count). The largest absolute Gasteiger partial charge is 0.416 e. The number of benzene rings is 2. The molecule has 1 aromatic heterocycles. The Morgan fingerprint density at radius 1 is 1.08 bits per heavy atom. The molecule has 0 aliphatic heterocycles. The van der Waals surface area contributed by atoms with Gasteiger partial charge in [-0.25, -0.2) is 0 Å². The molecule has 0 radical (unpaired) electrons. The smallest absolute Gasteiger partial charge is 0.314 e. The highest BCUT2D eigenvalue weighted by molar-refractivity contribution is 6.38. The van der Waals surface area contributed by atoms with Crippen LogP contribution in [0.2, 0.25) is 10.0 Å². The van der Waals surface area contributed by atoms with Crippen LogP contribution in [0.25, 0.3) is 16.6 Å². The van der Waals surface area contributed by atoms with Gasteiger partial charge < -0.3 is 4.57 Å². The van der Waals surface area contributed by atoms with Gasteiger partial charge in [0, 0.05) is 12.3 Å². The van der Waals surface area contributed by atoms with E-state index in [1.165, 1.54) is 29.0 Å². The summed E-state index contributed by atoms with van der Waals surface area (Å²) >= 11 is 12.0. The lowest BCUT2D eigenvalue weighted by Gasteiger charge is -2.14. The maximum Gasteiger partial charge on any atom is 0.416 e. The van der Waals surface area contributed by atoms with Crippen molar-refractivity contribution in [1.29, 1.82) is 0 Å². The van der Waals surface area contributed by atoms with Gasteiger partial charge in [-0.2, -0.15) is 13.2 Å². The quantitative estimate of drug-likeness (QED) is 0.416. The SMILES string of the molecule is O=[N+]([O-])c1cccc2c1ccn2-c1c(Cl)cc(C(F)(F)F)cc1Cl. The van der Waals surface area contributed by atoms with Crippen molar-refractivity contribution in [3.8, 4) is 5.69 Å². The zero-order valence-electron chi connectivity index (χ0n) is 11.6. The lowest BCUT2D eigenvalue weighted by molar-refractivity contribution is -0.383. The summed E-state index contributed by atoms with van der Waals surface area (Å²) in [6.07, 6.45) is -3.11. The van der Waals surface area contributed by atoms with Gasteiger partial charge in [0.25, 0.3) is 5.69 Å². The molecule has 0 N–H and O–H groups in total. The number of fused-ring (bicyclic) bond motifs is 1. The van der Waals surface area contributed by atoms with E-state index in [4.69, 9.17) is 23.2 Å². The Morgan fingerprint density at radius 3 is 2.25 bits per heavy atom. The Hall–Kier alpha value is -2.25. The number of nitro benzene ring substituents is 1. The Labute approximate surface area is 143 Å². The summed E-state index contributed by atoms with van der Waals surface area (Å²) in [6, 6.07) is 7.42. The van der Waals surface area contributed by atoms with Crippen LogP contribution in [-0.4, -0.2) is 9.49 Å². The van der Waals surface area contributed by atoms with E-state index in [1.54, 1.807) is 6.07 Å². The monoisotopic (exact) mass is 374 g/mol. The van der Waals surface area contributed by atoms with Gasteiger partial charge >= 0.3 is 6.18 Å². The fourth-order valence-corrected chi connectivity index (χ4v) is 3.13. The third-order valence-corrected chi connectivity index (χ3v) is 4.07. The van der Waals surface area contributed by atoms with Crippen molar-refractivity contribution in [2.45, 2.75) is 6.18 Å². The van der Waals surface area contributed by atoms with E-state index >= 15 is 0 Å². The van der Waals surface area contributed by atoms with E-state index in [1.807, 2.05) is 0 Å². The number of nitrogens with zero attached hydrogens (tertiary/aromatic N) is 2. The predicted octanol–water partition coefficient (Wildman–Crippen LogP) is 5.86. The van der Waals surface area contributed by atoms with E-state index in [0.717, 1.165) is 12.1 Å². The predicted molar refractivity (Wildman–Crippen MR) is 85.0 cm³/mol. The number of alkyl halides is 3. The summed E-state index contributed by atoms with van der Waals surface area (Å²) in [6.45, 7) is 0. The first-order valence-corrected chi connectivity index (χ1v) is 7.27. The van der Waals surface area contributed by atoms with Gasteiger partial charge in [0.05, 0.1) is 37.1 Å². The summed E-state index contributed by atoms with van der Waals surface area (Å²) in [5, 5.41) is 11.0. The van der Waals surface area contributed by atoms with E-state index < -0.39 is 16.7 Å². The van der Waals surface area contributed by atoms with Crippen LogP contribution >= 0.6 is 23.2 Å². The highest BCUT2D eigenvalue weighted by atomic mass is 35.5. The van der Waals surface area contributed by atoms with Crippen LogP contribution in [-0.2, 0) is 6.18 Å². The topological polar surface area (TPSA) is 48.1 Å². The minimum Gasteiger partial charge on any atom is -0.314 e. The second-order valence-electron chi connectivity index (χ2n) is 4.94. The molecule has 0 saturated carbocycles. The molecule has 24 heavy (non-hydrogen) atoms. The van der Waals surface area contributed by atoms with Crippen LogP contribution in [0.3, 0.4) is 0 Å². The average molecular weight is 375 g/mol. The molecular weight excluding hydrogens is 368 g/mol. The summed E-state index contributed by atoms with van der Waals surface area (Å²) in [5.41, 5.74) is -0.552. The first kappa shape index (κ1) is 16.6. The van der Waals surface area contributed by atoms with Crippen molar-refractivity contribution in [3.63, 3.8) is 0 Å². The van der Waals surface area contributed by atoms with Crippen LogP contribution < -0.4 is 0 Å². The molecule has 0 spiro atoms. The first-order valence-electron chi connectivity index (χ1n) is 6.51. The van der Waals surface area contributed by atoms with Crippen LogP contribution in [0.15, 0.2) is 42.6 Å². The van der Waals surface area contributed by atoms with Crippen LogP contribution in [0, 0.1) is 10.1 Å². The van der Waals surface area contributed by atoms with Crippen molar-refractivity contribution < 1.29 is 18.1 Å². The lowest BCUT2D eigenvalue weighted by atomic mass is 10.2. The molecule has 3 aromatic rings. The molecule has 4 nitrogen and oxygen atoms in total. The van der Waals surface area contributed by atoms with Gasteiger partial charge in [0.1, 0.15) is 0 Å². The Balaban J connectivity index is 2.26. The van der Waals surface area contributed by atoms with E-state index in [2.05, 4.69) is 0 Å². The minimum atomic E-state index is -4.58. The van der Waals surface area contributed by atoms with Crippen LogP contribution in [0.5, 0.6) is 0 Å². The summed E-state index contributed by atoms with van der Waals surface area (Å²) in [5.74, 6) is 0. The molecule has 0 fully saturated rings. The molecule has 0 bridgehead atoms. The van der Waals surface area contributed by atoms with Gasteiger partial charge in [-0.15, -0.1) is 0 Å². The second kappa shape index (κ2) is 5.68. The fraction of sp³-hybridized carbons (Fsp3) is 0.0667. The minimum absolute atomic E-state index is 0.120. The number of nitro groups is 1. The molecule has 124 valence electrons. The molecule has 0 saturated heterocycles. The van der Waals surface area contributed by atoms with Crippen molar-refractivity contribution >= 4 is 39.8 Å². The lowest BCUT2D eigenvalue weighted by Crippen LogP contribution is -2.06. The van der Waals surface area contributed by atoms with Crippen LogP contribution in [0.4, 0.5) is 18.9 Å². The van der Waals surface area contributed by atoms with Gasteiger partial charge in [0.2, 0.25) is 0 Å². The van der Waals surface area contributed by atoms with Crippen molar-refractivity contribution in [2.24, 2.45) is 0 Å². The Bertz CT molecular complexity index is 944. The van der Waals surface area contributed by atoms with Crippen molar-refractivity contribution in [1.82, 2.24) is 4.57 Å². The molecule has 0 aliphatic rings. The van der Waals surface area contributed by atoms with Crippen molar-refractivity contribution in [3.05, 3.63) is 68.3 Å². The zero-order chi connectivity index (χ0) is 17.6. The molecule has 2 aromatic carbocycles. The standard InChI is InChI=1S/C15H7Cl2F3N2O2/c16-10-6-8(15(18,19)20)7-11(17)14(10)21-5-4-9-12(21)2-1-3-13(9)22(23)24/h1-7H.